The van der Waals surface area contributed by atoms with Crippen molar-refractivity contribution in [3.63, 3.8) is 0 Å². The topological polar surface area (TPSA) is 101 Å². The Morgan fingerprint density at radius 1 is 0.577 bits per heavy atom. The second-order valence-electron chi connectivity index (χ2n) is 8.72. The Kier molecular flexibility index (Phi) is 7.15. The Morgan fingerprint density at radius 3 is 1.42 bits per heavy atom. The third-order valence-corrected chi connectivity index (χ3v) is 8.00. The summed E-state index contributed by atoms with van der Waals surface area (Å²) in [6.45, 7) is 0. The van der Waals surface area contributed by atoms with Gasteiger partial charge in [-0.2, -0.15) is 0 Å². The third kappa shape index (κ3) is 4.51. The summed E-state index contributed by atoms with van der Waals surface area (Å²) in [4.78, 5) is 0. The lowest BCUT2D eigenvalue weighted by molar-refractivity contribution is -0.0928. The highest BCUT2D eigenvalue weighted by Crippen LogP contribution is 2.49. The van der Waals surface area contributed by atoms with Crippen molar-refractivity contribution in [2.45, 2.75) is 92.6 Å². The molecule has 3 rings (SSSR count). The van der Waals surface area contributed by atoms with Crippen molar-refractivity contribution >= 4 is 23.2 Å². The molecule has 0 radical (unpaired) electrons. The molecular weight excluding hydrogens is 379 g/mol. The van der Waals surface area contributed by atoms with Crippen LogP contribution in [0.15, 0.2) is 0 Å². The Bertz CT molecular complexity index is 429. The lowest BCUT2D eigenvalue weighted by Gasteiger charge is -2.49. The molecule has 3 saturated carbocycles. The minimum absolute atomic E-state index is 0.0231. The molecule has 0 bridgehead atoms. The lowest BCUT2D eigenvalue weighted by atomic mass is 9.60. The predicted octanol–water partition coefficient (Wildman–Crippen LogP) is 1.63. The highest BCUT2D eigenvalue weighted by Gasteiger charge is 2.49. The molecule has 0 aromatic heterocycles. The van der Waals surface area contributed by atoms with E-state index in [4.69, 9.17) is 23.2 Å². The van der Waals surface area contributed by atoms with Gasteiger partial charge in [-0.05, 0) is 62.2 Å². The molecule has 0 aromatic rings. The van der Waals surface area contributed by atoms with Crippen molar-refractivity contribution in [2.75, 3.05) is 0 Å². The summed E-state index contributed by atoms with van der Waals surface area (Å²) in [5.41, 5.74) is 0. The second-order valence-corrected chi connectivity index (χ2v) is 9.84. The van der Waals surface area contributed by atoms with E-state index in [0.717, 1.165) is 25.7 Å². The summed E-state index contributed by atoms with van der Waals surface area (Å²) in [5, 5.41) is 50.5. The molecule has 0 saturated heterocycles. The molecule has 5 nitrogen and oxygen atoms in total. The number of hydrogen-bond donors (Lipinski definition) is 5. The highest BCUT2D eigenvalue weighted by atomic mass is 35.5. The monoisotopic (exact) mass is 410 g/mol. The van der Waals surface area contributed by atoms with Crippen LogP contribution < -0.4 is 0 Å². The first-order valence-electron chi connectivity index (χ1n) is 9.96. The van der Waals surface area contributed by atoms with Gasteiger partial charge in [0, 0.05) is 12.8 Å². The summed E-state index contributed by atoms with van der Waals surface area (Å²) >= 11 is 12.7. The minimum Gasteiger partial charge on any atom is -0.393 e. The van der Waals surface area contributed by atoms with Crippen LogP contribution in [0, 0.1) is 23.7 Å². The van der Waals surface area contributed by atoms with Gasteiger partial charge in [-0.25, -0.2) is 0 Å². The molecule has 7 heteroatoms. The predicted molar refractivity (Wildman–Crippen MR) is 100 cm³/mol. The molecule has 26 heavy (non-hydrogen) atoms. The van der Waals surface area contributed by atoms with Crippen molar-refractivity contribution < 1.29 is 25.5 Å². The van der Waals surface area contributed by atoms with Gasteiger partial charge < -0.3 is 25.5 Å². The largest absolute Gasteiger partial charge is 0.393 e. The van der Waals surface area contributed by atoms with Crippen LogP contribution in [0.5, 0.6) is 0 Å². The van der Waals surface area contributed by atoms with Gasteiger partial charge in [0.15, 0.2) is 0 Å². The van der Waals surface area contributed by atoms with E-state index >= 15 is 0 Å². The first kappa shape index (κ1) is 21.1. The first-order chi connectivity index (χ1) is 12.3. The fourth-order valence-electron chi connectivity index (χ4n) is 5.62. The zero-order valence-electron chi connectivity index (χ0n) is 15.0. The smallest absolute Gasteiger partial charge is 0.0728 e. The molecule has 8 unspecified atom stereocenters. The average Bonchev–Trinajstić information content (AvgIpc) is 2.58. The van der Waals surface area contributed by atoms with Crippen LogP contribution >= 0.6 is 23.2 Å². The molecule has 3 fully saturated rings. The standard InChI is InChI=1S/C19H32Cl2O5/c20-13-5-11(15(23)7-17(13)25)19(9-1-3-10(22)4-2-9)12-6-14(21)18(26)8-16(12)24/h9-19,22-26H,1-8H2. The molecule has 152 valence electrons. The lowest BCUT2D eigenvalue weighted by Crippen LogP contribution is -2.51. The molecule has 3 aliphatic carbocycles. The molecule has 5 N–H and O–H groups in total. The van der Waals surface area contributed by atoms with E-state index in [-0.39, 0.29) is 42.6 Å². The van der Waals surface area contributed by atoms with Crippen LogP contribution in [0.2, 0.25) is 0 Å². The molecule has 0 aromatic carbocycles. The van der Waals surface area contributed by atoms with E-state index in [1.807, 2.05) is 0 Å². The molecule has 3 aliphatic rings. The third-order valence-electron chi connectivity index (χ3n) is 7.06. The van der Waals surface area contributed by atoms with Crippen LogP contribution in [0.1, 0.15) is 51.4 Å². The first-order valence-corrected chi connectivity index (χ1v) is 10.8. The SMILES string of the molecule is OC1CCC(C(C2CC(Cl)C(O)CC2O)C2CC(Cl)C(O)CC2O)CC1. The number of alkyl halides is 2. The molecular formula is C19H32Cl2O5. The fourth-order valence-corrected chi connectivity index (χ4v) is 6.24. The maximum absolute atomic E-state index is 10.7. The Balaban J connectivity index is 1.84. The number of halogens is 2. The van der Waals surface area contributed by atoms with Gasteiger partial charge >= 0.3 is 0 Å². The van der Waals surface area contributed by atoms with Crippen LogP contribution in [0.4, 0.5) is 0 Å². The maximum Gasteiger partial charge on any atom is 0.0728 e. The summed E-state index contributed by atoms with van der Waals surface area (Å²) in [6, 6.07) is 0. The quantitative estimate of drug-likeness (QED) is 0.455. The number of aliphatic hydroxyl groups excluding tert-OH is 5. The molecule has 8 atom stereocenters. The Labute approximate surface area is 165 Å². The zero-order chi connectivity index (χ0) is 19.0. The van der Waals surface area contributed by atoms with E-state index in [2.05, 4.69) is 0 Å². The summed E-state index contributed by atoms with van der Waals surface area (Å²) in [7, 11) is 0. The van der Waals surface area contributed by atoms with Crippen LogP contribution in [-0.4, -0.2) is 66.8 Å². The molecule has 0 amide bonds. The summed E-state index contributed by atoms with van der Waals surface area (Å²) in [6.07, 6.45) is 1.65. The highest BCUT2D eigenvalue weighted by molar-refractivity contribution is 6.21. The van der Waals surface area contributed by atoms with Gasteiger partial charge in [0.2, 0.25) is 0 Å². The van der Waals surface area contributed by atoms with Crippen molar-refractivity contribution in [2.24, 2.45) is 23.7 Å². The van der Waals surface area contributed by atoms with E-state index in [9.17, 15) is 25.5 Å². The van der Waals surface area contributed by atoms with Gasteiger partial charge in [-0.1, -0.05) is 0 Å². The van der Waals surface area contributed by atoms with E-state index < -0.39 is 35.2 Å². The van der Waals surface area contributed by atoms with Gasteiger partial charge in [0.1, 0.15) is 0 Å². The van der Waals surface area contributed by atoms with Crippen LogP contribution in [-0.2, 0) is 0 Å². The molecule has 0 heterocycles. The normalized spacial score (nSPS) is 51.8. The van der Waals surface area contributed by atoms with Crippen molar-refractivity contribution in [1.82, 2.24) is 0 Å². The van der Waals surface area contributed by atoms with Crippen LogP contribution in [0.3, 0.4) is 0 Å². The fraction of sp³-hybridized carbons (Fsp3) is 1.00. The van der Waals surface area contributed by atoms with Crippen molar-refractivity contribution in [3.8, 4) is 0 Å². The Morgan fingerprint density at radius 2 is 1.00 bits per heavy atom. The van der Waals surface area contributed by atoms with E-state index in [1.54, 1.807) is 0 Å². The minimum atomic E-state index is -0.712. The number of rotatable bonds is 3. The number of aliphatic hydroxyl groups is 5. The second kappa shape index (κ2) is 8.81. The van der Waals surface area contributed by atoms with E-state index in [0.29, 0.717) is 12.8 Å². The number of hydrogen-bond acceptors (Lipinski definition) is 5. The van der Waals surface area contributed by atoms with Crippen molar-refractivity contribution in [1.29, 1.82) is 0 Å². The van der Waals surface area contributed by atoms with E-state index in [1.165, 1.54) is 0 Å². The van der Waals surface area contributed by atoms with Crippen molar-refractivity contribution in [3.05, 3.63) is 0 Å². The summed E-state index contributed by atoms with van der Waals surface area (Å²) < 4.78 is 0. The van der Waals surface area contributed by atoms with Gasteiger partial charge in [0.25, 0.3) is 0 Å². The Hall–Kier alpha value is 0.380. The van der Waals surface area contributed by atoms with Crippen LogP contribution in [0.25, 0.3) is 0 Å². The summed E-state index contributed by atoms with van der Waals surface area (Å²) in [5.74, 6) is 0.0747. The van der Waals surface area contributed by atoms with Gasteiger partial charge in [0.05, 0.1) is 41.3 Å². The van der Waals surface area contributed by atoms with Gasteiger partial charge in [-0.3, -0.25) is 0 Å². The average molecular weight is 411 g/mol. The zero-order valence-corrected chi connectivity index (χ0v) is 16.5. The van der Waals surface area contributed by atoms with Gasteiger partial charge in [-0.15, -0.1) is 23.2 Å². The molecule has 0 spiro atoms. The maximum atomic E-state index is 10.7. The molecule has 0 aliphatic heterocycles.